The smallest absolute Gasteiger partial charge is 0.251 e. The molecule has 1 fully saturated rings. The number of benzene rings is 1. The van der Waals surface area contributed by atoms with Crippen LogP contribution in [0.25, 0.3) is 0 Å². The number of nitrogen functional groups attached to an aromatic ring is 1. The molecule has 0 bridgehead atoms. The van der Waals surface area contributed by atoms with Crippen molar-refractivity contribution < 1.29 is 9.59 Å². The number of amides is 2. The van der Waals surface area contributed by atoms with Gasteiger partial charge in [0.05, 0.1) is 6.54 Å². The predicted molar refractivity (Wildman–Crippen MR) is 82.8 cm³/mol. The molecule has 3 N–H and O–H groups in total. The minimum atomic E-state index is -0.247. The Morgan fingerprint density at radius 2 is 2.00 bits per heavy atom. The molecule has 5 nitrogen and oxygen atoms in total. The quantitative estimate of drug-likeness (QED) is 0.827. The van der Waals surface area contributed by atoms with Crippen LogP contribution in [0.2, 0.25) is 0 Å². The number of carbonyl (C=O) groups is 2. The fourth-order valence-corrected chi connectivity index (χ4v) is 2.79. The number of anilines is 1. The molecule has 1 aliphatic heterocycles. The molecule has 0 saturated carbocycles. The van der Waals surface area contributed by atoms with Gasteiger partial charge in [0.1, 0.15) is 0 Å². The fourth-order valence-electron chi connectivity index (χ4n) is 2.79. The largest absolute Gasteiger partial charge is 0.399 e. The van der Waals surface area contributed by atoms with E-state index in [1.54, 1.807) is 24.3 Å². The topological polar surface area (TPSA) is 75.4 Å². The van der Waals surface area contributed by atoms with Gasteiger partial charge in [-0.15, -0.1) is 0 Å². The van der Waals surface area contributed by atoms with E-state index in [2.05, 4.69) is 19.2 Å². The van der Waals surface area contributed by atoms with Crippen molar-refractivity contribution in [3.63, 3.8) is 0 Å². The van der Waals surface area contributed by atoms with Crippen LogP contribution in [0.4, 0.5) is 5.69 Å². The van der Waals surface area contributed by atoms with Crippen LogP contribution in [0.5, 0.6) is 0 Å². The van der Waals surface area contributed by atoms with E-state index in [1.807, 2.05) is 4.90 Å². The number of rotatable bonds is 4. The summed E-state index contributed by atoms with van der Waals surface area (Å²) in [6, 6.07) is 6.95. The van der Waals surface area contributed by atoms with Gasteiger partial charge >= 0.3 is 0 Å². The van der Waals surface area contributed by atoms with Gasteiger partial charge in [0.25, 0.3) is 5.91 Å². The molecule has 21 heavy (non-hydrogen) atoms. The van der Waals surface area contributed by atoms with Gasteiger partial charge in [-0.1, -0.05) is 13.8 Å². The summed E-state index contributed by atoms with van der Waals surface area (Å²) < 4.78 is 0. The molecule has 0 spiro atoms. The van der Waals surface area contributed by atoms with Crippen molar-refractivity contribution in [2.24, 2.45) is 5.92 Å². The zero-order chi connectivity index (χ0) is 15.4. The normalized spacial score (nSPS) is 18.0. The van der Waals surface area contributed by atoms with Gasteiger partial charge in [-0.05, 0) is 43.0 Å². The minimum Gasteiger partial charge on any atom is -0.399 e. The third-order valence-corrected chi connectivity index (χ3v) is 3.96. The summed E-state index contributed by atoms with van der Waals surface area (Å²) in [7, 11) is 0. The number of hydrogen-bond donors (Lipinski definition) is 2. The van der Waals surface area contributed by atoms with E-state index in [1.165, 1.54) is 0 Å². The highest BCUT2D eigenvalue weighted by Crippen LogP contribution is 2.23. The lowest BCUT2D eigenvalue weighted by atomic mass is 10.0. The standard InChI is InChI=1S/C16H23N3O2/c1-11(2)14-4-3-9-19(14)15(20)10-18-16(21)12-5-7-13(17)8-6-12/h5-8,11,14H,3-4,9-10,17H2,1-2H3,(H,18,21). The lowest BCUT2D eigenvalue weighted by molar-refractivity contribution is -0.131. The second-order valence-electron chi connectivity index (χ2n) is 5.85. The molecule has 5 heteroatoms. The van der Waals surface area contributed by atoms with Gasteiger partial charge in [-0.2, -0.15) is 0 Å². The third kappa shape index (κ3) is 3.74. The van der Waals surface area contributed by atoms with Crippen LogP contribution in [0, 0.1) is 5.92 Å². The number of nitrogens with two attached hydrogens (primary N) is 1. The van der Waals surface area contributed by atoms with Crippen LogP contribution in [-0.4, -0.2) is 35.8 Å². The molecule has 1 aromatic rings. The fraction of sp³-hybridized carbons (Fsp3) is 0.500. The van der Waals surface area contributed by atoms with Crippen molar-refractivity contribution in [3.8, 4) is 0 Å². The Bertz CT molecular complexity index is 511. The predicted octanol–water partition coefficient (Wildman–Crippen LogP) is 1.65. The molecule has 0 aromatic heterocycles. The van der Waals surface area contributed by atoms with E-state index in [4.69, 9.17) is 5.73 Å². The Hall–Kier alpha value is -2.04. The molecule has 0 radical (unpaired) electrons. The summed E-state index contributed by atoms with van der Waals surface area (Å²) in [6.07, 6.45) is 2.09. The SMILES string of the molecule is CC(C)C1CCCN1C(=O)CNC(=O)c1ccc(N)cc1. The Labute approximate surface area is 125 Å². The average molecular weight is 289 g/mol. The first-order valence-corrected chi connectivity index (χ1v) is 7.42. The van der Waals surface area contributed by atoms with Gasteiger partial charge in [0.2, 0.25) is 5.91 Å². The molecule has 1 atom stereocenters. The first-order chi connectivity index (χ1) is 9.99. The van der Waals surface area contributed by atoms with Crippen LogP contribution in [0.15, 0.2) is 24.3 Å². The van der Waals surface area contributed by atoms with Gasteiger partial charge in [-0.25, -0.2) is 0 Å². The lowest BCUT2D eigenvalue weighted by Crippen LogP contribution is -2.44. The van der Waals surface area contributed by atoms with E-state index >= 15 is 0 Å². The van der Waals surface area contributed by atoms with Gasteiger partial charge < -0.3 is 16.0 Å². The van der Waals surface area contributed by atoms with Crippen molar-refractivity contribution in [1.29, 1.82) is 0 Å². The first kappa shape index (κ1) is 15.4. The second-order valence-corrected chi connectivity index (χ2v) is 5.85. The van der Waals surface area contributed by atoms with Crippen LogP contribution in [0.1, 0.15) is 37.0 Å². The summed E-state index contributed by atoms with van der Waals surface area (Å²) in [5.74, 6) is 0.197. The first-order valence-electron chi connectivity index (χ1n) is 7.42. The van der Waals surface area contributed by atoms with Crippen molar-refractivity contribution in [3.05, 3.63) is 29.8 Å². The van der Waals surface area contributed by atoms with Gasteiger partial charge in [0, 0.05) is 23.8 Å². The van der Waals surface area contributed by atoms with E-state index < -0.39 is 0 Å². The maximum absolute atomic E-state index is 12.2. The molecule has 0 aliphatic carbocycles. The van der Waals surface area contributed by atoms with Gasteiger partial charge in [0.15, 0.2) is 0 Å². The number of carbonyl (C=O) groups excluding carboxylic acids is 2. The van der Waals surface area contributed by atoms with E-state index in [9.17, 15) is 9.59 Å². The van der Waals surface area contributed by atoms with Crippen molar-refractivity contribution in [1.82, 2.24) is 10.2 Å². The number of nitrogens with zero attached hydrogens (tertiary/aromatic N) is 1. The van der Waals surface area contributed by atoms with E-state index in [0.29, 0.717) is 23.2 Å². The Kier molecular flexibility index (Phi) is 4.83. The molecule has 1 heterocycles. The molecule has 1 saturated heterocycles. The Balaban J connectivity index is 1.89. The highest BCUT2D eigenvalue weighted by molar-refractivity contribution is 5.96. The minimum absolute atomic E-state index is 0.00463. The number of nitrogens with one attached hydrogen (secondary N) is 1. The highest BCUT2D eigenvalue weighted by atomic mass is 16.2. The molecule has 1 unspecified atom stereocenters. The number of likely N-dealkylation sites (tertiary alicyclic amines) is 1. The molecular weight excluding hydrogens is 266 g/mol. The Morgan fingerprint density at radius 1 is 1.33 bits per heavy atom. The van der Waals surface area contributed by atoms with E-state index in [-0.39, 0.29) is 18.4 Å². The summed E-state index contributed by atoms with van der Waals surface area (Å²) in [5.41, 5.74) is 6.71. The Morgan fingerprint density at radius 3 is 2.62 bits per heavy atom. The maximum atomic E-state index is 12.2. The highest BCUT2D eigenvalue weighted by Gasteiger charge is 2.30. The second kappa shape index (κ2) is 6.61. The molecule has 2 amide bonds. The van der Waals surface area contributed by atoms with Crippen LogP contribution < -0.4 is 11.1 Å². The van der Waals surface area contributed by atoms with Crippen molar-refractivity contribution in [2.45, 2.75) is 32.7 Å². The van der Waals surface area contributed by atoms with Gasteiger partial charge in [-0.3, -0.25) is 9.59 Å². The number of hydrogen-bond acceptors (Lipinski definition) is 3. The molecular formula is C16H23N3O2. The zero-order valence-electron chi connectivity index (χ0n) is 12.6. The van der Waals surface area contributed by atoms with Crippen LogP contribution >= 0.6 is 0 Å². The monoisotopic (exact) mass is 289 g/mol. The third-order valence-electron chi connectivity index (χ3n) is 3.96. The zero-order valence-corrected chi connectivity index (χ0v) is 12.6. The lowest BCUT2D eigenvalue weighted by Gasteiger charge is -2.27. The summed E-state index contributed by atoms with van der Waals surface area (Å²) in [5, 5.41) is 2.68. The van der Waals surface area contributed by atoms with E-state index in [0.717, 1.165) is 19.4 Å². The van der Waals surface area contributed by atoms with Crippen LogP contribution in [-0.2, 0) is 4.79 Å². The van der Waals surface area contributed by atoms with Crippen molar-refractivity contribution >= 4 is 17.5 Å². The maximum Gasteiger partial charge on any atom is 0.251 e. The summed E-state index contributed by atoms with van der Waals surface area (Å²) in [6.45, 7) is 5.10. The van der Waals surface area contributed by atoms with Crippen LogP contribution in [0.3, 0.4) is 0 Å². The summed E-state index contributed by atoms with van der Waals surface area (Å²) in [4.78, 5) is 26.1. The summed E-state index contributed by atoms with van der Waals surface area (Å²) >= 11 is 0. The molecule has 1 aromatic carbocycles. The average Bonchev–Trinajstić information content (AvgIpc) is 2.95. The molecule has 1 aliphatic rings. The molecule has 114 valence electrons. The van der Waals surface area contributed by atoms with Crippen molar-refractivity contribution in [2.75, 3.05) is 18.8 Å². The molecule has 2 rings (SSSR count).